The summed E-state index contributed by atoms with van der Waals surface area (Å²) in [7, 11) is 1.85. The Labute approximate surface area is 118 Å². The molecule has 1 aromatic rings. The summed E-state index contributed by atoms with van der Waals surface area (Å²) in [5.41, 5.74) is 0.981. The fourth-order valence-electron chi connectivity index (χ4n) is 2.19. The van der Waals surface area contributed by atoms with Gasteiger partial charge >= 0.3 is 0 Å². The van der Waals surface area contributed by atoms with E-state index >= 15 is 0 Å². The van der Waals surface area contributed by atoms with E-state index in [9.17, 15) is 9.59 Å². The number of aromatic nitrogens is 1. The predicted molar refractivity (Wildman–Crippen MR) is 76.8 cm³/mol. The molecule has 110 valence electrons. The Bertz CT molecular complexity index is 477. The van der Waals surface area contributed by atoms with Gasteiger partial charge < -0.3 is 20.5 Å². The van der Waals surface area contributed by atoms with E-state index in [4.69, 9.17) is 0 Å². The lowest BCUT2D eigenvalue weighted by Gasteiger charge is -2.13. The first-order valence-corrected chi connectivity index (χ1v) is 7.05. The van der Waals surface area contributed by atoms with E-state index in [0.29, 0.717) is 17.8 Å². The number of hydrogen-bond acceptors (Lipinski definition) is 3. The molecule has 6 nitrogen and oxygen atoms in total. The smallest absolute Gasteiger partial charge is 0.270 e. The second-order valence-electron chi connectivity index (χ2n) is 5.20. The largest absolute Gasteiger partial charge is 0.356 e. The lowest BCUT2D eigenvalue weighted by Crippen LogP contribution is -2.37. The third-order valence-electron chi connectivity index (χ3n) is 3.63. The molecule has 0 bridgehead atoms. The normalized spacial score (nSPS) is 16.2. The van der Waals surface area contributed by atoms with Crippen LogP contribution in [0.2, 0.25) is 0 Å². The average molecular weight is 278 g/mol. The van der Waals surface area contributed by atoms with Gasteiger partial charge in [0.15, 0.2) is 0 Å². The van der Waals surface area contributed by atoms with Crippen LogP contribution in [0.5, 0.6) is 0 Å². The van der Waals surface area contributed by atoms with Crippen molar-refractivity contribution in [2.45, 2.75) is 25.8 Å². The molecule has 6 heteroatoms. The molecule has 1 saturated heterocycles. The number of carbonyl (C=O) groups is 2. The van der Waals surface area contributed by atoms with Gasteiger partial charge in [-0.2, -0.15) is 0 Å². The molecule has 1 aromatic heterocycles. The number of nitrogens with zero attached hydrogens (tertiary/aromatic N) is 1. The summed E-state index contributed by atoms with van der Waals surface area (Å²) in [6.07, 6.45) is 3.70. The molecule has 2 amide bonds. The van der Waals surface area contributed by atoms with Crippen LogP contribution < -0.4 is 10.6 Å². The number of aromatic amines is 1. The summed E-state index contributed by atoms with van der Waals surface area (Å²) in [6, 6.07) is 1.84. The van der Waals surface area contributed by atoms with Gasteiger partial charge in [-0.25, -0.2) is 0 Å². The summed E-state index contributed by atoms with van der Waals surface area (Å²) < 4.78 is 0. The summed E-state index contributed by atoms with van der Waals surface area (Å²) in [6.45, 7) is 4.15. The average Bonchev–Trinajstić information content (AvgIpc) is 3.13. The Morgan fingerprint density at radius 3 is 2.75 bits per heavy atom. The highest BCUT2D eigenvalue weighted by molar-refractivity contribution is 5.99. The zero-order valence-electron chi connectivity index (χ0n) is 12.0. The van der Waals surface area contributed by atoms with Gasteiger partial charge in [0.05, 0.1) is 5.56 Å². The van der Waals surface area contributed by atoms with Gasteiger partial charge in [0.2, 0.25) is 0 Å². The predicted octanol–water partition coefficient (Wildman–Crippen LogP) is 0.588. The maximum Gasteiger partial charge on any atom is 0.270 e. The van der Waals surface area contributed by atoms with Gasteiger partial charge in [-0.3, -0.25) is 9.59 Å². The van der Waals surface area contributed by atoms with Crippen molar-refractivity contribution >= 4 is 11.8 Å². The number of H-pyrrole nitrogens is 1. The van der Waals surface area contributed by atoms with Gasteiger partial charge in [-0.15, -0.1) is 0 Å². The third-order valence-corrected chi connectivity index (χ3v) is 3.63. The zero-order valence-corrected chi connectivity index (χ0v) is 12.0. The van der Waals surface area contributed by atoms with Crippen molar-refractivity contribution in [3.8, 4) is 0 Å². The number of carbonyl (C=O) groups excluding carboxylic acids is 2. The number of amides is 2. The van der Waals surface area contributed by atoms with Crippen molar-refractivity contribution in [3.63, 3.8) is 0 Å². The minimum absolute atomic E-state index is 0.0230. The lowest BCUT2D eigenvalue weighted by atomic mass is 10.2. The molecule has 1 unspecified atom stereocenters. The molecule has 2 rings (SSSR count). The Morgan fingerprint density at radius 1 is 1.40 bits per heavy atom. The van der Waals surface area contributed by atoms with Crippen molar-refractivity contribution in [2.24, 2.45) is 0 Å². The molecule has 0 radical (unpaired) electrons. The van der Waals surface area contributed by atoms with E-state index in [0.717, 1.165) is 25.9 Å². The number of likely N-dealkylation sites (tertiary alicyclic amines) is 1. The monoisotopic (exact) mass is 278 g/mol. The lowest BCUT2D eigenvalue weighted by molar-refractivity contribution is 0.0787. The molecular formula is C14H22N4O2. The van der Waals surface area contributed by atoms with E-state index in [1.807, 2.05) is 18.9 Å². The summed E-state index contributed by atoms with van der Waals surface area (Å²) in [5.74, 6) is -0.186. The number of likely N-dealkylation sites (N-methyl/N-ethyl adjacent to an activating group) is 1. The first-order valence-electron chi connectivity index (χ1n) is 7.05. The van der Waals surface area contributed by atoms with Gasteiger partial charge in [0.25, 0.3) is 11.8 Å². The highest BCUT2D eigenvalue weighted by atomic mass is 16.2. The number of nitrogens with one attached hydrogen (secondary N) is 3. The van der Waals surface area contributed by atoms with Crippen LogP contribution in [0.15, 0.2) is 12.3 Å². The summed E-state index contributed by atoms with van der Waals surface area (Å²) in [5, 5.41) is 5.87. The quantitative estimate of drug-likeness (QED) is 0.737. The van der Waals surface area contributed by atoms with E-state index in [2.05, 4.69) is 15.6 Å². The third kappa shape index (κ3) is 3.39. The van der Waals surface area contributed by atoms with Crippen molar-refractivity contribution in [1.82, 2.24) is 20.5 Å². The first-order chi connectivity index (χ1) is 9.61. The standard InChI is InChI=1S/C14H22N4O2/c1-10(15-2)8-17-13(19)11-7-12(16-9-11)14(20)18-5-3-4-6-18/h7,9-10,15-16H,3-6,8H2,1-2H3,(H,17,19). The Morgan fingerprint density at radius 2 is 2.10 bits per heavy atom. The van der Waals surface area contributed by atoms with Crippen molar-refractivity contribution in [2.75, 3.05) is 26.7 Å². The number of rotatable bonds is 5. The van der Waals surface area contributed by atoms with Crippen LogP contribution in [0.1, 0.15) is 40.6 Å². The zero-order chi connectivity index (χ0) is 14.5. The van der Waals surface area contributed by atoms with Crippen molar-refractivity contribution in [3.05, 3.63) is 23.5 Å². The van der Waals surface area contributed by atoms with Gasteiger partial charge in [-0.1, -0.05) is 0 Å². The van der Waals surface area contributed by atoms with Crippen molar-refractivity contribution in [1.29, 1.82) is 0 Å². The fraction of sp³-hybridized carbons (Fsp3) is 0.571. The van der Waals surface area contributed by atoms with Crippen LogP contribution in [-0.2, 0) is 0 Å². The minimum atomic E-state index is -0.163. The maximum absolute atomic E-state index is 12.1. The summed E-state index contributed by atoms with van der Waals surface area (Å²) >= 11 is 0. The highest BCUT2D eigenvalue weighted by Crippen LogP contribution is 2.13. The maximum atomic E-state index is 12.1. The highest BCUT2D eigenvalue weighted by Gasteiger charge is 2.21. The van der Waals surface area contributed by atoms with E-state index in [1.165, 1.54) is 0 Å². The molecular weight excluding hydrogens is 256 g/mol. The van der Waals surface area contributed by atoms with Crippen LogP contribution in [0.3, 0.4) is 0 Å². The molecule has 0 spiro atoms. The fourth-order valence-corrected chi connectivity index (χ4v) is 2.19. The molecule has 0 saturated carbocycles. The molecule has 0 aliphatic carbocycles. The van der Waals surface area contributed by atoms with Crippen LogP contribution in [0.4, 0.5) is 0 Å². The van der Waals surface area contributed by atoms with E-state index < -0.39 is 0 Å². The SMILES string of the molecule is CNC(C)CNC(=O)c1c[nH]c(C(=O)N2CCCC2)c1. The molecule has 1 fully saturated rings. The topological polar surface area (TPSA) is 77.2 Å². The van der Waals surface area contributed by atoms with Gasteiger partial charge in [0, 0.05) is 31.9 Å². The second kappa shape index (κ2) is 6.56. The molecule has 2 heterocycles. The van der Waals surface area contributed by atoms with Crippen LogP contribution in [0, 0.1) is 0 Å². The first kappa shape index (κ1) is 14.6. The molecule has 1 atom stereocenters. The molecule has 1 aliphatic rings. The van der Waals surface area contributed by atoms with Crippen LogP contribution in [-0.4, -0.2) is 54.4 Å². The number of hydrogen-bond donors (Lipinski definition) is 3. The van der Waals surface area contributed by atoms with Crippen molar-refractivity contribution < 1.29 is 9.59 Å². The van der Waals surface area contributed by atoms with Gasteiger partial charge in [-0.05, 0) is 32.9 Å². The molecule has 20 heavy (non-hydrogen) atoms. The Kier molecular flexibility index (Phi) is 4.79. The van der Waals surface area contributed by atoms with Gasteiger partial charge in [0.1, 0.15) is 5.69 Å². The summed E-state index contributed by atoms with van der Waals surface area (Å²) in [4.78, 5) is 28.8. The van der Waals surface area contributed by atoms with E-state index in [-0.39, 0.29) is 17.9 Å². The van der Waals surface area contributed by atoms with Crippen LogP contribution >= 0.6 is 0 Å². The molecule has 3 N–H and O–H groups in total. The molecule has 1 aliphatic heterocycles. The minimum Gasteiger partial charge on any atom is -0.356 e. The van der Waals surface area contributed by atoms with Crippen LogP contribution in [0.25, 0.3) is 0 Å². The second-order valence-corrected chi connectivity index (χ2v) is 5.20. The Hall–Kier alpha value is -1.82. The Balaban J connectivity index is 1.94. The molecule has 0 aromatic carbocycles. The van der Waals surface area contributed by atoms with E-state index in [1.54, 1.807) is 12.3 Å².